The van der Waals surface area contributed by atoms with Gasteiger partial charge >= 0.3 is 0 Å². The van der Waals surface area contributed by atoms with E-state index in [0.29, 0.717) is 34.9 Å². The summed E-state index contributed by atoms with van der Waals surface area (Å²) in [6.07, 6.45) is 2.17. The molecule has 0 unspecified atom stereocenters. The zero-order chi connectivity index (χ0) is 22.2. The quantitative estimate of drug-likeness (QED) is 0.612. The van der Waals surface area contributed by atoms with Gasteiger partial charge in [-0.1, -0.05) is 31.5 Å². The van der Waals surface area contributed by atoms with Gasteiger partial charge in [0.05, 0.1) is 34.6 Å². The van der Waals surface area contributed by atoms with Crippen LogP contribution < -0.4 is 9.62 Å². The van der Waals surface area contributed by atoms with Crippen LogP contribution in [0.4, 0.5) is 11.4 Å². The second-order valence-electron chi connectivity index (χ2n) is 7.73. The van der Waals surface area contributed by atoms with Crippen molar-refractivity contribution >= 4 is 38.9 Å². The summed E-state index contributed by atoms with van der Waals surface area (Å²) in [4.78, 5) is 13.0. The van der Waals surface area contributed by atoms with Crippen molar-refractivity contribution in [1.82, 2.24) is 9.78 Å². The highest BCUT2D eigenvalue weighted by atomic mass is 35.5. The summed E-state index contributed by atoms with van der Waals surface area (Å²) in [5.41, 5.74) is 3.22. The number of halogens is 1. The Labute approximate surface area is 186 Å². The molecule has 1 N–H and O–H groups in total. The molecule has 7 nitrogen and oxygen atoms in total. The molecular formula is C22H23ClN4O3S. The Morgan fingerprint density at radius 1 is 1.13 bits per heavy atom. The van der Waals surface area contributed by atoms with E-state index >= 15 is 0 Å². The van der Waals surface area contributed by atoms with Crippen LogP contribution in [-0.4, -0.2) is 36.4 Å². The van der Waals surface area contributed by atoms with E-state index < -0.39 is 10.0 Å². The number of benzene rings is 2. The largest absolute Gasteiger partial charge is 0.322 e. The number of nitrogens with one attached hydrogen (secondary N) is 1. The van der Waals surface area contributed by atoms with Gasteiger partial charge in [0.1, 0.15) is 0 Å². The van der Waals surface area contributed by atoms with Crippen LogP contribution in [0.2, 0.25) is 5.02 Å². The number of carbonyl (C=O) groups excluding carboxylic acids is 1. The molecule has 3 aromatic rings. The van der Waals surface area contributed by atoms with Crippen molar-refractivity contribution in [2.45, 2.75) is 26.2 Å². The van der Waals surface area contributed by atoms with Crippen LogP contribution in [0.25, 0.3) is 5.69 Å². The first-order valence-corrected chi connectivity index (χ1v) is 12.0. The summed E-state index contributed by atoms with van der Waals surface area (Å²) in [5, 5.41) is 7.89. The number of amides is 1. The van der Waals surface area contributed by atoms with E-state index in [1.54, 1.807) is 47.3 Å². The monoisotopic (exact) mass is 458 g/mol. The first kappa shape index (κ1) is 21.4. The summed E-state index contributed by atoms with van der Waals surface area (Å²) < 4.78 is 27.3. The van der Waals surface area contributed by atoms with E-state index in [1.165, 1.54) is 4.31 Å². The molecule has 1 aliphatic rings. The van der Waals surface area contributed by atoms with Crippen LogP contribution in [0.3, 0.4) is 0 Å². The Balaban J connectivity index is 1.58. The van der Waals surface area contributed by atoms with Crippen molar-refractivity contribution in [2.24, 2.45) is 0 Å². The summed E-state index contributed by atoms with van der Waals surface area (Å²) >= 11 is 6.12. The normalized spacial score (nSPS) is 15.4. The number of hydrogen-bond donors (Lipinski definition) is 1. The highest BCUT2D eigenvalue weighted by Gasteiger charge is 2.28. The Bertz CT molecular complexity index is 1220. The number of sulfonamides is 1. The molecule has 1 saturated heterocycles. The number of aromatic nitrogens is 2. The fourth-order valence-electron chi connectivity index (χ4n) is 3.74. The molecule has 2 heterocycles. The van der Waals surface area contributed by atoms with Gasteiger partial charge in [0.15, 0.2) is 0 Å². The molecule has 0 bridgehead atoms. The molecule has 4 rings (SSSR count). The lowest BCUT2D eigenvalue weighted by atomic mass is 10.0. The van der Waals surface area contributed by atoms with Crippen molar-refractivity contribution in [1.29, 1.82) is 0 Å². The zero-order valence-corrected chi connectivity index (χ0v) is 18.8. The molecule has 1 aliphatic heterocycles. The first-order valence-electron chi connectivity index (χ1n) is 10.0. The van der Waals surface area contributed by atoms with Gasteiger partial charge in [-0.3, -0.25) is 9.10 Å². The Morgan fingerprint density at radius 2 is 1.87 bits per heavy atom. The number of nitrogens with zero attached hydrogens (tertiary/aromatic N) is 3. The molecule has 0 aliphatic carbocycles. The number of anilines is 2. The van der Waals surface area contributed by atoms with Crippen LogP contribution in [0.1, 0.15) is 42.2 Å². The Kier molecular flexibility index (Phi) is 5.77. The van der Waals surface area contributed by atoms with Crippen LogP contribution in [0.5, 0.6) is 0 Å². The van der Waals surface area contributed by atoms with Crippen molar-refractivity contribution in [2.75, 3.05) is 21.9 Å². The average Bonchev–Trinajstić information content (AvgIpc) is 3.32. The minimum atomic E-state index is -3.24. The minimum absolute atomic E-state index is 0.0463. The molecule has 2 aromatic carbocycles. The molecule has 1 aromatic heterocycles. The van der Waals surface area contributed by atoms with E-state index in [2.05, 4.69) is 10.4 Å². The summed E-state index contributed by atoms with van der Waals surface area (Å²) in [6.45, 7) is 4.48. The van der Waals surface area contributed by atoms with Gasteiger partial charge in [0.2, 0.25) is 10.0 Å². The topological polar surface area (TPSA) is 84.3 Å². The van der Waals surface area contributed by atoms with Gasteiger partial charge in [0.25, 0.3) is 5.91 Å². The molecular weight excluding hydrogens is 436 g/mol. The summed E-state index contributed by atoms with van der Waals surface area (Å²) in [7, 11) is -3.24. The van der Waals surface area contributed by atoms with Crippen LogP contribution in [0, 0.1) is 0 Å². The molecule has 0 radical (unpaired) electrons. The first-order chi connectivity index (χ1) is 14.8. The summed E-state index contributed by atoms with van der Waals surface area (Å²) in [5.74, 6) is -0.0661. The van der Waals surface area contributed by atoms with E-state index in [1.807, 2.05) is 26.0 Å². The maximum Gasteiger partial charge on any atom is 0.259 e. The average molecular weight is 459 g/mol. The molecule has 1 fully saturated rings. The molecule has 1 amide bonds. The third kappa shape index (κ3) is 4.31. The number of hydrogen-bond acceptors (Lipinski definition) is 4. The van der Waals surface area contributed by atoms with Gasteiger partial charge in [-0.05, 0) is 54.8 Å². The molecule has 0 spiro atoms. The predicted octanol–water partition coefficient (Wildman–Crippen LogP) is 4.44. The van der Waals surface area contributed by atoms with Gasteiger partial charge in [-0.2, -0.15) is 5.10 Å². The van der Waals surface area contributed by atoms with Crippen molar-refractivity contribution in [3.05, 3.63) is 71.0 Å². The number of rotatable bonds is 5. The van der Waals surface area contributed by atoms with E-state index in [0.717, 1.165) is 11.4 Å². The third-order valence-corrected chi connectivity index (χ3v) is 7.27. The second kappa shape index (κ2) is 8.36. The highest BCUT2D eigenvalue weighted by molar-refractivity contribution is 7.93. The van der Waals surface area contributed by atoms with Gasteiger partial charge in [0, 0.05) is 17.3 Å². The Morgan fingerprint density at radius 3 is 2.48 bits per heavy atom. The van der Waals surface area contributed by atoms with Crippen molar-refractivity contribution in [3.63, 3.8) is 0 Å². The van der Waals surface area contributed by atoms with Gasteiger partial charge in [-0.25, -0.2) is 13.1 Å². The fraction of sp³-hybridized carbons (Fsp3) is 0.273. The fourth-order valence-corrected chi connectivity index (χ4v) is 5.49. The molecule has 31 heavy (non-hydrogen) atoms. The zero-order valence-electron chi connectivity index (χ0n) is 17.2. The SMILES string of the molecule is CC(C)c1c(C(=O)Nc2ccc(N3CCCS3(=O)=O)cc2)cnn1-c1cccc(Cl)c1. The van der Waals surface area contributed by atoms with Crippen molar-refractivity contribution in [3.8, 4) is 5.69 Å². The van der Waals surface area contributed by atoms with Crippen LogP contribution in [-0.2, 0) is 10.0 Å². The predicted molar refractivity (Wildman–Crippen MR) is 123 cm³/mol. The molecule has 9 heteroatoms. The minimum Gasteiger partial charge on any atom is -0.322 e. The van der Waals surface area contributed by atoms with E-state index in [4.69, 9.17) is 11.6 Å². The second-order valence-corrected chi connectivity index (χ2v) is 10.2. The maximum atomic E-state index is 13.0. The third-order valence-electron chi connectivity index (χ3n) is 5.16. The standard InChI is InChI=1S/C22H23ClN4O3S/c1-15(2)21-20(14-24-27(21)19-6-3-5-16(23)13-19)22(28)25-17-7-9-18(10-8-17)26-11-4-12-31(26,29)30/h3,5-10,13-15H,4,11-12H2,1-2H3,(H,25,28). The van der Waals surface area contributed by atoms with Gasteiger partial charge in [-0.15, -0.1) is 0 Å². The lowest BCUT2D eigenvalue weighted by molar-refractivity contribution is 0.102. The van der Waals surface area contributed by atoms with E-state index in [-0.39, 0.29) is 17.6 Å². The van der Waals surface area contributed by atoms with E-state index in [9.17, 15) is 13.2 Å². The Hall–Kier alpha value is -2.84. The summed E-state index contributed by atoms with van der Waals surface area (Å²) in [6, 6.07) is 14.1. The van der Waals surface area contributed by atoms with Crippen LogP contribution >= 0.6 is 11.6 Å². The lowest BCUT2D eigenvalue weighted by Crippen LogP contribution is -2.25. The maximum absolute atomic E-state index is 13.0. The molecule has 162 valence electrons. The highest BCUT2D eigenvalue weighted by Crippen LogP contribution is 2.27. The molecule has 0 atom stereocenters. The molecule has 0 saturated carbocycles. The van der Waals surface area contributed by atoms with Crippen LogP contribution in [0.15, 0.2) is 54.7 Å². The van der Waals surface area contributed by atoms with Crippen molar-refractivity contribution < 1.29 is 13.2 Å². The lowest BCUT2D eigenvalue weighted by Gasteiger charge is -2.17. The smallest absolute Gasteiger partial charge is 0.259 e. The van der Waals surface area contributed by atoms with Gasteiger partial charge < -0.3 is 5.32 Å². The number of carbonyl (C=O) groups is 1.